The van der Waals surface area contributed by atoms with Gasteiger partial charge >= 0.3 is 0 Å². The summed E-state index contributed by atoms with van der Waals surface area (Å²) in [5.74, 6) is 0.971. The van der Waals surface area contributed by atoms with Gasteiger partial charge in [-0.3, -0.25) is 9.59 Å². The number of aryl methyl sites for hydroxylation is 1. The summed E-state index contributed by atoms with van der Waals surface area (Å²) in [5, 5.41) is 0. The summed E-state index contributed by atoms with van der Waals surface area (Å²) in [4.78, 5) is 24.9. The molecule has 0 aromatic heterocycles. The van der Waals surface area contributed by atoms with Gasteiger partial charge in [-0.25, -0.2) is 8.78 Å². The minimum atomic E-state index is -0.799. The summed E-state index contributed by atoms with van der Waals surface area (Å²) >= 11 is 0. The molecule has 3 fully saturated rings. The van der Waals surface area contributed by atoms with E-state index in [0.717, 1.165) is 69.8 Å². The highest BCUT2D eigenvalue weighted by Crippen LogP contribution is 2.68. The van der Waals surface area contributed by atoms with E-state index >= 15 is 0 Å². The molecule has 0 spiro atoms. The molecule has 4 heteroatoms. The van der Waals surface area contributed by atoms with Crippen molar-refractivity contribution in [1.29, 1.82) is 0 Å². The van der Waals surface area contributed by atoms with E-state index in [2.05, 4.69) is 6.92 Å². The van der Waals surface area contributed by atoms with Crippen molar-refractivity contribution in [3.05, 3.63) is 47.0 Å². The fourth-order valence-corrected chi connectivity index (χ4v) is 8.78. The van der Waals surface area contributed by atoms with Crippen LogP contribution in [0, 0.1) is 46.1 Å². The molecule has 4 aliphatic carbocycles. The zero-order valence-corrected chi connectivity index (χ0v) is 20.0. The summed E-state index contributed by atoms with van der Waals surface area (Å²) in [6.45, 7) is 4.17. The van der Waals surface area contributed by atoms with Gasteiger partial charge in [0.1, 0.15) is 5.78 Å². The summed E-state index contributed by atoms with van der Waals surface area (Å²) < 4.78 is 27.0. The Hall–Kier alpha value is -1.84. The van der Waals surface area contributed by atoms with E-state index in [9.17, 15) is 18.4 Å². The van der Waals surface area contributed by atoms with Gasteiger partial charge in [-0.15, -0.1) is 0 Å². The third kappa shape index (κ3) is 3.72. The highest BCUT2D eigenvalue weighted by molar-refractivity contribution is 5.91. The number of halogens is 2. The van der Waals surface area contributed by atoms with Crippen molar-refractivity contribution in [3.8, 4) is 0 Å². The number of benzene rings is 1. The lowest BCUT2D eigenvalue weighted by molar-refractivity contribution is -0.130. The average Bonchev–Trinajstić information content (AvgIpc) is 3.16. The molecular formula is C29H36F2O2. The van der Waals surface area contributed by atoms with E-state index in [1.807, 2.05) is 6.08 Å². The summed E-state index contributed by atoms with van der Waals surface area (Å²) in [6, 6.07) is 4.22. The standard InChI is InChI=1S/C29H36F2O2/c1-18(32)23-8-9-25-22-7-6-20-17-21(33)11-14-28(20,2)24(22)12-15-29(23,25)13-3-4-19-5-10-26(30)27(31)16-19/h5,10,16-17,22-25H,3-4,6-9,11-15H2,1-2H3/t22-,23-,24-,25+,28-,29-/m1/s1. The van der Waals surface area contributed by atoms with Gasteiger partial charge in [-0.05, 0) is 123 Å². The Labute approximate surface area is 196 Å². The molecule has 6 atom stereocenters. The predicted octanol–water partition coefficient (Wildman–Crippen LogP) is 7.00. The molecule has 178 valence electrons. The number of carbonyl (C=O) groups excluding carboxylic acids is 2. The van der Waals surface area contributed by atoms with Crippen LogP contribution in [0.5, 0.6) is 0 Å². The maximum absolute atomic E-state index is 13.7. The second-order valence-electron chi connectivity index (χ2n) is 11.6. The van der Waals surface area contributed by atoms with Gasteiger partial charge in [0.25, 0.3) is 0 Å². The van der Waals surface area contributed by atoms with Crippen molar-refractivity contribution in [1.82, 2.24) is 0 Å². The number of hydrogen-bond acceptors (Lipinski definition) is 2. The number of carbonyl (C=O) groups is 2. The van der Waals surface area contributed by atoms with Gasteiger partial charge in [-0.1, -0.05) is 18.6 Å². The van der Waals surface area contributed by atoms with E-state index < -0.39 is 11.6 Å². The Morgan fingerprint density at radius 2 is 1.85 bits per heavy atom. The van der Waals surface area contributed by atoms with Gasteiger partial charge in [0, 0.05) is 12.3 Å². The fourth-order valence-electron chi connectivity index (χ4n) is 8.78. The van der Waals surface area contributed by atoms with Crippen molar-refractivity contribution < 1.29 is 18.4 Å². The zero-order chi connectivity index (χ0) is 23.4. The Bertz CT molecular complexity index is 997. The second kappa shape index (κ2) is 8.43. The second-order valence-corrected chi connectivity index (χ2v) is 11.6. The van der Waals surface area contributed by atoms with Crippen molar-refractivity contribution in [2.45, 2.75) is 84.5 Å². The Kier molecular flexibility index (Phi) is 5.86. The Morgan fingerprint density at radius 1 is 1.03 bits per heavy atom. The van der Waals surface area contributed by atoms with Crippen LogP contribution in [-0.2, 0) is 16.0 Å². The maximum Gasteiger partial charge on any atom is 0.159 e. The maximum atomic E-state index is 13.7. The van der Waals surface area contributed by atoms with Gasteiger partial charge < -0.3 is 0 Å². The first-order valence-electron chi connectivity index (χ1n) is 12.9. The summed E-state index contributed by atoms with van der Waals surface area (Å²) in [6.07, 6.45) is 12.7. The van der Waals surface area contributed by atoms with Crippen molar-refractivity contribution >= 4 is 11.6 Å². The molecule has 2 nitrogen and oxygen atoms in total. The zero-order valence-electron chi connectivity index (χ0n) is 20.0. The molecule has 0 saturated heterocycles. The first kappa shape index (κ1) is 22.9. The van der Waals surface area contributed by atoms with Crippen LogP contribution in [0.4, 0.5) is 8.78 Å². The predicted molar refractivity (Wildman–Crippen MR) is 125 cm³/mol. The van der Waals surface area contributed by atoms with Crippen LogP contribution in [0.2, 0.25) is 0 Å². The lowest BCUT2D eigenvalue weighted by atomic mass is 9.45. The van der Waals surface area contributed by atoms with Crippen LogP contribution in [0.15, 0.2) is 29.8 Å². The molecule has 4 aliphatic rings. The van der Waals surface area contributed by atoms with Crippen LogP contribution < -0.4 is 0 Å². The number of ketones is 2. The molecule has 0 radical (unpaired) electrons. The lowest BCUT2D eigenvalue weighted by Gasteiger charge is -2.59. The third-order valence-electron chi connectivity index (χ3n) is 10.3. The molecule has 1 aromatic rings. The Balaban J connectivity index is 1.38. The Morgan fingerprint density at radius 3 is 2.61 bits per heavy atom. The van der Waals surface area contributed by atoms with Gasteiger partial charge in [-0.2, -0.15) is 0 Å². The molecular weight excluding hydrogens is 418 g/mol. The normalized spacial score (nSPS) is 37.7. The largest absolute Gasteiger partial charge is 0.300 e. The van der Waals surface area contributed by atoms with Crippen molar-refractivity contribution in [3.63, 3.8) is 0 Å². The van der Waals surface area contributed by atoms with E-state index in [1.54, 1.807) is 13.0 Å². The highest BCUT2D eigenvalue weighted by atomic mass is 19.2. The van der Waals surface area contributed by atoms with Gasteiger partial charge in [0.15, 0.2) is 17.4 Å². The van der Waals surface area contributed by atoms with Crippen LogP contribution in [0.3, 0.4) is 0 Å². The number of rotatable bonds is 5. The summed E-state index contributed by atoms with van der Waals surface area (Å²) in [7, 11) is 0. The van der Waals surface area contributed by atoms with Crippen molar-refractivity contribution in [2.75, 3.05) is 0 Å². The smallest absolute Gasteiger partial charge is 0.159 e. The van der Waals surface area contributed by atoms with Crippen molar-refractivity contribution in [2.24, 2.45) is 34.5 Å². The SMILES string of the molecule is CC(=O)[C@H]1CC[C@H]2[C@@H]3CCC4=CC(=O)CC[C@@]4(C)[C@@H]3CC[C@]12CCCc1ccc(F)c(F)c1. The van der Waals surface area contributed by atoms with Crippen LogP contribution >= 0.6 is 0 Å². The van der Waals surface area contributed by atoms with E-state index in [-0.39, 0.29) is 16.7 Å². The molecule has 0 bridgehead atoms. The quantitative estimate of drug-likeness (QED) is 0.480. The molecule has 0 amide bonds. The first-order chi connectivity index (χ1) is 15.7. The van der Waals surface area contributed by atoms with E-state index in [1.165, 1.54) is 17.7 Å². The number of fused-ring (bicyclic) bond motifs is 5. The molecule has 0 unspecified atom stereocenters. The molecule has 1 aromatic carbocycles. The average molecular weight is 455 g/mol. The lowest BCUT2D eigenvalue weighted by Crippen LogP contribution is -2.52. The molecule has 0 heterocycles. The minimum absolute atomic E-state index is 0.0492. The number of hydrogen-bond donors (Lipinski definition) is 0. The van der Waals surface area contributed by atoms with Gasteiger partial charge in [0.2, 0.25) is 0 Å². The highest BCUT2D eigenvalue weighted by Gasteiger charge is 2.61. The minimum Gasteiger partial charge on any atom is -0.300 e. The molecule has 0 N–H and O–H groups in total. The van der Waals surface area contributed by atoms with Crippen LogP contribution in [0.1, 0.15) is 83.6 Å². The topological polar surface area (TPSA) is 34.1 Å². The molecule has 0 aliphatic heterocycles. The third-order valence-corrected chi connectivity index (χ3v) is 10.3. The first-order valence-corrected chi connectivity index (χ1v) is 12.9. The van der Waals surface area contributed by atoms with Crippen LogP contribution in [0.25, 0.3) is 0 Å². The fraction of sp³-hybridized carbons (Fsp3) is 0.655. The van der Waals surface area contributed by atoms with E-state index in [0.29, 0.717) is 35.7 Å². The molecule has 5 rings (SSSR count). The van der Waals surface area contributed by atoms with Gasteiger partial charge in [0.05, 0.1) is 0 Å². The number of Topliss-reactive ketones (excluding diaryl/α,β-unsaturated/α-hetero) is 1. The van der Waals surface area contributed by atoms with Crippen LogP contribution in [-0.4, -0.2) is 11.6 Å². The van der Waals surface area contributed by atoms with E-state index in [4.69, 9.17) is 0 Å². The molecule has 33 heavy (non-hydrogen) atoms. The summed E-state index contributed by atoms with van der Waals surface area (Å²) in [5.41, 5.74) is 2.41. The molecule has 3 saturated carbocycles. The number of allylic oxidation sites excluding steroid dienone is 1. The monoisotopic (exact) mass is 454 g/mol.